The Kier molecular flexibility index (Phi) is 37.1. The van der Waals surface area contributed by atoms with E-state index >= 15 is 0 Å². The van der Waals surface area contributed by atoms with Crippen molar-refractivity contribution in [2.45, 2.75) is 191 Å². The van der Waals surface area contributed by atoms with Crippen molar-refractivity contribution in [1.29, 1.82) is 0 Å². The van der Waals surface area contributed by atoms with Crippen LogP contribution in [0.25, 0.3) is 0 Å². The fraction of sp³-hybridized carbons (Fsp3) is 0.750. The normalized spacial score (nSPS) is 14.3. The first-order valence-corrected chi connectivity index (χ1v) is 22.2. The highest BCUT2D eigenvalue weighted by molar-refractivity contribution is 8.00. The molecule has 0 saturated heterocycles. The van der Waals surface area contributed by atoms with Crippen molar-refractivity contribution >= 4 is 29.7 Å². The molecule has 0 bridgehead atoms. The van der Waals surface area contributed by atoms with Crippen molar-refractivity contribution in [2.75, 3.05) is 19.0 Å². The molecule has 0 aromatic heterocycles. The minimum absolute atomic E-state index is 0.0473. The van der Waals surface area contributed by atoms with Gasteiger partial charge in [0, 0.05) is 23.8 Å². The predicted molar refractivity (Wildman–Crippen MR) is 225 cm³/mol. The molecule has 54 heavy (non-hydrogen) atoms. The summed E-state index contributed by atoms with van der Waals surface area (Å²) in [6.07, 6.45) is 39.0. The van der Waals surface area contributed by atoms with Gasteiger partial charge in [-0.05, 0) is 38.5 Å². The molecule has 0 aromatic rings. The quantitative estimate of drug-likeness (QED) is 0.0206. The number of carbonyl (C=O) groups excluding carboxylic acids is 2. The van der Waals surface area contributed by atoms with Crippen LogP contribution in [-0.4, -0.2) is 75.7 Å². The molecule has 0 radical (unpaired) electrons. The van der Waals surface area contributed by atoms with Crippen LogP contribution in [0.5, 0.6) is 0 Å². The summed E-state index contributed by atoms with van der Waals surface area (Å²) in [6.45, 7) is 3.69. The van der Waals surface area contributed by atoms with Crippen molar-refractivity contribution in [1.82, 2.24) is 0 Å². The third-order valence-corrected chi connectivity index (χ3v) is 10.5. The van der Waals surface area contributed by atoms with Crippen molar-refractivity contribution in [3.63, 3.8) is 0 Å². The lowest BCUT2D eigenvalue weighted by molar-refractivity contribution is -0.162. The Morgan fingerprint density at radius 2 is 1.28 bits per heavy atom. The first-order valence-electron chi connectivity index (χ1n) is 21.1. The number of hydrogen-bond donors (Lipinski definition) is 4. The third kappa shape index (κ3) is 34.1. The number of nitrogens with two attached hydrogens (primary N) is 1. The highest BCUT2D eigenvalue weighted by atomic mass is 32.2. The molecule has 9 nitrogen and oxygen atoms in total. The summed E-state index contributed by atoms with van der Waals surface area (Å²) < 4.78 is 10.6. The van der Waals surface area contributed by atoms with Gasteiger partial charge >= 0.3 is 17.9 Å². The Labute approximate surface area is 332 Å². The molecule has 0 unspecified atom stereocenters. The Morgan fingerprint density at radius 3 is 1.87 bits per heavy atom. The van der Waals surface area contributed by atoms with E-state index in [1.165, 1.54) is 108 Å². The number of aliphatic carboxylic acids is 1. The van der Waals surface area contributed by atoms with Crippen LogP contribution in [0.1, 0.15) is 168 Å². The van der Waals surface area contributed by atoms with E-state index in [1.54, 1.807) is 6.08 Å². The number of aliphatic hydroxyl groups excluding tert-OH is 2. The lowest BCUT2D eigenvalue weighted by atomic mass is 10.0. The maximum atomic E-state index is 12.7. The number of unbranched alkanes of at least 4 members (excludes halogenated alkanes) is 17. The molecule has 0 rings (SSSR count). The van der Waals surface area contributed by atoms with Crippen molar-refractivity contribution < 1.29 is 39.2 Å². The van der Waals surface area contributed by atoms with Crippen molar-refractivity contribution in [3.05, 3.63) is 48.6 Å². The number of aliphatic hydroxyl groups is 2. The summed E-state index contributed by atoms with van der Waals surface area (Å²) in [7, 11) is 0. The van der Waals surface area contributed by atoms with Crippen LogP contribution >= 0.6 is 11.8 Å². The molecule has 0 fully saturated rings. The van der Waals surface area contributed by atoms with Crippen LogP contribution in [0.4, 0.5) is 0 Å². The molecule has 312 valence electrons. The average Bonchev–Trinajstić information content (AvgIpc) is 3.15. The molecule has 5 N–H and O–H groups in total. The number of carbonyl (C=O) groups is 3. The Bertz CT molecular complexity index is 1030. The van der Waals surface area contributed by atoms with E-state index in [2.05, 4.69) is 32.1 Å². The minimum atomic E-state index is -1.05. The number of allylic oxidation sites excluding steroid dienone is 7. The van der Waals surface area contributed by atoms with E-state index in [4.69, 9.17) is 20.3 Å². The maximum absolute atomic E-state index is 12.7. The number of ether oxygens (including phenoxy) is 2. The summed E-state index contributed by atoms with van der Waals surface area (Å²) in [4.78, 5) is 35.9. The van der Waals surface area contributed by atoms with Gasteiger partial charge in [-0.3, -0.25) is 14.4 Å². The van der Waals surface area contributed by atoms with Gasteiger partial charge in [-0.25, -0.2) is 0 Å². The highest BCUT2D eigenvalue weighted by Gasteiger charge is 2.24. The van der Waals surface area contributed by atoms with Gasteiger partial charge in [0.2, 0.25) is 0 Å². The lowest BCUT2D eigenvalue weighted by Gasteiger charge is -2.22. The van der Waals surface area contributed by atoms with Gasteiger partial charge in [-0.2, -0.15) is 0 Å². The molecule has 0 aliphatic heterocycles. The molecule has 0 aliphatic carbocycles. The van der Waals surface area contributed by atoms with Crippen LogP contribution < -0.4 is 5.73 Å². The van der Waals surface area contributed by atoms with Crippen molar-refractivity contribution in [2.24, 2.45) is 5.73 Å². The Hall–Kier alpha value is -2.40. The SMILES string of the molecule is CCCCC/C=C\C\C=C/C=C/C=C/[C@@H](SC[C@H](N)C(=O)O[C@@H](CO)COC(=O)CCCCCCCCCCCCCCCCC)[C@@H](O)CCCC(=O)O. The smallest absolute Gasteiger partial charge is 0.324 e. The number of carboxylic acid groups (broad SMARTS) is 1. The van der Waals surface area contributed by atoms with E-state index < -0.39 is 42.0 Å². The van der Waals surface area contributed by atoms with Crippen LogP contribution in [0.2, 0.25) is 0 Å². The van der Waals surface area contributed by atoms with Crippen LogP contribution in [0, 0.1) is 0 Å². The van der Waals surface area contributed by atoms with Gasteiger partial charge in [0.15, 0.2) is 6.10 Å². The zero-order valence-corrected chi connectivity index (χ0v) is 34.7. The van der Waals surface area contributed by atoms with E-state index in [0.29, 0.717) is 6.42 Å². The van der Waals surface area contributed by atoms with E-state index in [-0.39, 0.29) is 37.6 Å². The van der Waals surface area contributed by atoms with E-state index in [9.17, 15) is 24.6 Å². The standard InChI is InChI=1S/C44H77NO8S/c1-3-5-7-9-11-13-15-17-18-19-21-23-25-27-29-34-43(50)52-36-38(35-46)53-44(51)39(45)37-54-41(40(47)31-30-33-42(48)49)32-28-26-24-22-20-16-14-12-10-8-6-4-2/h12,14,20,22,24,26,28,32,38-41,46-47H,3-11,13,15-19,21,23,25,27,29-31,33-37,45H2,1-2H3,(H,48,49)/b14-12-,22-20-,26-24+,32-28+/t38-,39-,40-,41+/m0/s1. The number of thioether (sulfide) groups is 1. The molecule has 0 amide bonds. The monoisotopic (exact) mass is 780 g/mol. The second-order valence-corrected chi connectivity index (χ2v) is 15.5. The molecule has 0 saturated carbocycles. The summed E-state index contributed by atoms with van der Waals surface area (Å²) in [5.74, 6) is -1.93. The molecule has 0 spiro atoms. The second kappa shape index (κ2) is 38.9. The second-order valence-electron chi connectivity index (χ2n) is 14.3. The summed E-state index contributed by atoms with van der Waals surface area (Å²) >= 11 is 1.27. The number of carboxylic acids is 1. The van der Waals surface area contributed by atoms with E-state index in [0.717, 1.165) is 32.1 Å². The van der Waals surface area contributed by atoms with Gasteiger partial charge in [-0.15, -0.1) is 11.8 Å². The third-order valence-electron chi connectivity index (χ3n) is 9.13. The molecule has 0 heterocycles. The molecule has 0 aromatic carbocycles. The summed E-state index contributed by atoms with van der Waals surface area (Å²) in [5, 5.41) is 29.1. The maximum Gasteiger partial charge on any atom is 0.324 e. The largest absolute Gasteiger partial charge is 0.481 e. The molecular weight excluding hydrogens is 703 g/mol. The minimum Gasteiger partial charge on any atom is -0.481 e. The van der Waals surface area contributed by atoms with Gasteiger partial charge in [-0.1, -0.05) is 165 Å². The zero-order valence-electron chi connectivity index (χ0n) is 33.9. The van der Waals surface area contributed by atoms with Gasteiger partial charge in [0.25, 0.3) is 0 Å². The van der Waals surface area contributed by atoms with Gasteiger partial charge in [0.1, 0.15) is 12.6 Å². The highest BCUT2D eigenvalue weighted by Crippen LogP contribution is 2.22. The van der Waals surface area contributed by atoms with E-state index in [1.807, 2.05) is 24.3 Å². The first kappa shape index (κ1) is 51.6. The fourth-order valence-electron chi connectivity index (χ4n) is 5.74. The van der Waals surface area contributed by atoms with Crippen LogP contribution in [0.15, 0.2) is 48.6 Å². The Balaban J connectivity index is 4.47. The molecular formula is C44H77NO8S. The topological polar surface area (TPSA) is 156 Å². The summed E-state index contributed by atoms with van der Waals surface area (Å²) in [6, 6.07) is -1.05. The Morgan fingerprint density at radius 1 is 0.704 bits per heavy atom. The lowest BCUT2D eigenvalue weighted by Crippen LogP contribution is -2.40. The number of hydrogen-bond acceptors (Lipinski definition) is 9. The predicted octanol–water partition coefficient (Wildman–Crippen LogP) is 9.94. The fourth-order valence-corrected chi connectivity index (χ4v) is 6.87. The summed E-state index contributed by atoms with van der Waals surface area (Å²) in [5.41, 5.74) is 6.11. The molecule has 0 aliphatic rings. The van der Waals surface area contributed by atoms with Crippen molar-refractivity contribution in [3.8, 4) is 0 Å². The first-order chi connectivity index (χ1) is 26.2. The van der Waals surface area contributed by atoms with Crippen LogP contribution in [-0.2, 0) is 23.9 Å². The zero-order chi connectivity index (χ0) is 39.9. The number of esters is 2. The number of rotatable bonds is 38. The molecule has 4 atom stereocenters. The van der Waals surface area contributed by atoms with Gasteiger partial charge in [0.05, 0.1) is 12.7 Å². The van der Waals surface area contributed by atoms with Crippen LogP contribution in [0.3, 0.4) is 0 Å². The van der Waals surface area contributed by atoms with Gasteiger partial charge < -0.3 is 30.5 Å². The molecule has 10 heteroatoms. The average molecular weight is 780 g/mol.